The number of carboxylic acid groups (broad SMARTS) is 1. The maximum atomic E-state index is 12.9. The molecule has 0 unspecified atom stereocenters. The van der Waals surface area contributed by atoms with Crippen molar-refractivity contribution in [2.24, 2.45) is 0 Å². The summed E-state index contributed by atoms with van der Waals surface area (Å²) in [7, 11) is 0. The van der Waals surface area contributed by atoms with Gasteiger partial charge in [-0.1, -0.05) is 54.6 Å². The lowest BCUT2D eigenvalue weighted by atomic mass is 9.97. The number of carboxylic acids is 1. The summed E-state index contributed by atoms with van der Waals surface area (Å²) in [6.07, 6.45) is -2.93. The maximum Gasteiger partial charge on any atom is 0.573 e. The predicted octanol–water partition coefficient (Wildman–Crippen LogP) is 6.58. The van der Waals surface area contributed by atoms with Crippen LogP contribution in [0.25, 0.3) is 5.57 Å². The fraction of sp³-hybridized carbons (Fsp3) is 0.160. The topological polar surface area (TPSA) is 55.8 Å². The summed E-state index contributed by atoms with van der Waals surface area (Å²) < 4.78 is 48.3. The Hall–Kier alpha value is -3.39. The number of para-hydroxylation sites is 1. The molecule has 172 valence electrons. The van der Waals surface area contributed by atoms with Crippen molar-refractivity contribution < 1.29 is 32.5 Å². The Balaban J connectivity index is 1.85. The smallest absolute Gasteiger partial charge is 0.482 e. The van der Waals surface area contributed by atoms with Crippen LogP contribution in [0.4, 0.5) is 13.2 Å². The van der Waals surface area contributed by atoms with Gasteiger partial charge in [0.2, 0.25) is 0 Å². The van der Waals surface area contributed by atoms with E-state index in [1.165, 1.54) is 23.9 Å². The Labute approximate surface area is 193 Å². The van der Waals surface area contributed by atoms with Crippen LogP contribution in [0.1, 0.15) is 16.7 Å². The van der Waals surface area contributed by atoms with Crippen molar-refractivity contribution in [1.29, 1.82) is 0 Å². The Morgan fingerprint density at radius 1 is 1.00 bits per heavy atom. The van der Waals surface area contributed by atoms with Gasteiger partial charge in [-0.15, -0.1) is 24.9 Å². The van der Waals surface area contributed by atoms with Gasteiger partial charge in [-0.25, -0.2) is 4.79 Å². The molecular weight excluding hydrogens is 453 g/mol. The van der Waals surface area contributed by atoms with Gasteiger partial charge in [0, 0.05) is 16.2 Å². The monoisotopic (exact) mass is 474 g/mol. The summed E-state index contributed by atoms with van der Waals surface area (Å²) in [4.78, 5) is 11.6. The molecule has 1 N–H and O–H groups in total. The second kappa shape index (κ2) is 11.0. The Bertz CT molecular complexity index is 1130. The highest BCUT2D eigenvalue weighted by molar-refractivity contribution is 7.99. The van der Waals surface area contributed by atoms with Gasteiger partial charge in [0.05, 0.1) is 0 Å². The zero-order valence-electron chi connectivity index (χ0n) is 17.6. The highest BCUT2D eigenvalue weighted by atomic mass is 32.2. The molecule has 33 heavy (non-hydrogen) atoms. The van der Waals surface area contributed by atoms with E-state index in [2.05, 4.69) is 4.74 Å². The van der Waals surface area contributed by atoms with E-state index in [0.29, 0.717) is 22.6 Å². The number of halogens is 3. The second-order valence-corrected chi connectivity index (χ2v) is 8.04. The van der Waals surface area contributed by atoms with Gasteiger partial charge in [0.25, 0.3) is 0 Å². The third kappa shape index (κ3) is 7.32. The number of aryl methyl sites for hydroxylation is 1. The van der Waals surface area contributed by atoms with Crippen molar-refractivity contribution in [2.45, 2.75) is 18.2 Å². The van der Waals surface area contributed by atoms with Gasteiger partial charge >= 0.3 is 12.3 Å². The molecule has 0 aromatic heterocycles. The highest BCUT2D eigenvalue weighted by Crippen LogP contribution is 2.35. The summed E-state index contributed by atoms with van der Waals surface area (Å²) in [6.45, 7) is 1.40. The minimum absolute atomic E-state index is 0.263. The Kier molecular flexibility index (Phi) is 8.06. The van der Waals surface area contributed by atoms with Crippen LogP contribution in [-0.2, 0) is 4.79 Å². The number of carbonyl (C=O) groups is 1. The molecule has 8 heteroatoms. The summed E-state index contributed by atoms with van der Waals surface area (Å²) in [5.74, 6) is -0.345. The standard InChI is InChI=1S/C25H21F3O4S/c1-17-15-19(11-12-22(17)31-16-24(29)30)33-14-13-20(18-7-3-2-4-8-18)21-9-5-6-10-23(21)32-25(26,27)28/h2-13,15H,14,16H2,1H3,(H,29,30). The number of rotatable bonds is 9. The third-order valence-corrected chi connectivity index (χ3v) is 5.44. The average molecular weight is 475 g/mol. The molecule has 3 rings (SSSR count). The highest BCUT2D eigenvalue weighted by Gasteiger charge is 2.32. The summed E-state index contributed by atoms with van der Waals surface area (Å²) in [5.41, 5.74) is 2.53. The normalized spacial score (nSPS) is 11.8. The number of hydrogen-bond donors (Lipinski definition) is 1. The molecular formula is C25H21F3O4S. The molecule has 0 fully saturated rings. The van der Waals surface area contributed by atoms with Gasteiger partial charge in [0.1, 0.15) is 11.5 Å². The number of benzene rings is 3. The van der Waals surface area contributed by atoms with E-state index >= 15 is 0 Å². The first-order chi connectivity index (χ1) is 15.7. The molecule has 3 aromatic carbocycles. The van der Waals surface area contributed by atoms with Crippen LogP contribution in [-0.4, -0.2) is 29.8 Å². The molecule has 0 saturated carbocycles. The van der Waals surface area contributed by atoms with Gasteiger partial charge in [-0.05, 0) is 47.9 Å². The molecule has 0 bridgehead atoms. The zero-order valence-corrected chi connectivity index (χ0v) is 18.5. The molecule has 4 nitrogen and oxygen atoms in total. The van der Waals surface area contributed by atoms with Gasteiger partial charge < -0.3 is 14.6 Å². The molecule has 0 amide bonds. The number of aliphatic carboxylic acids is 1. The number of alkyl halides is 3. The van der Waals surface area contributed by atoms with Gasteiger partial charge in [-0.2, -0.15) is 0 Å². The fourth-order valence-corrected chi connectivity index (χ4v) is 4.01. The molecule has 0 atom stereocenters. The van der Waals surface area contributed by atoms with Crippen LogP contribution in [0.2, 0.25) is 0 Å². The van der Waals surface area contributed by atoms with Crippen molar-refractivity contribution in [3.8, 4) is 11.5 Å². The zero-order chi connectivity index (χ0) is 23.8. The first-order valence-electron chi connectivity index (χ1n) is 9.92. The van der Waals surface area contributed by atoms with Crippen molar-refractivity contribution in [3.63, 3.8) is 0 Å². The molecule has 0 aliphatic heterocycles. The van der Waals surface area contributed by atoms with E-state index in [1.807, 2.05) is 55.5 Å². The summed E-state index contributed by atoms with van der Waals surface area (Å²) in [5, 5.41) is 8.75. The van der Waals surface area contributed by atoms with Crippen molar-refractivity contribution in [2.75, 3.05) is 12.4 Å². The summed E-state index contributed by atoms with van der Waals surface area (Å²) >= 11 is 1.49. The lowest BCUT2D eigenvalue weighted by Crippen LogP contribution is -2.18. The third-order valence-electron chi connectivity index (χ3n) is 4.52. The van der Waals surface area contributed by atoms with Crippen LogP contribution in [0.5, 0.6) is 11.5 Å². The molecule has 0 spiro atoms. The molecule has 0 saturated heterocycles. The molecule has 0 radical (unpaired) electrons. The van der Waals surface area contributed by atoms with E-state index in [4.69, 9.17) is 9.84 Å². The average Bonchev–Trinajstić information content (AvgIpc) is 2.76. The quantitative estimate of drug-likeness (QED) is 0.355. The molecule has 0 aliphatic rings. The van der Waals surface area contributed by atoms with Crippen LogP contribution < -0.4 is 9.47 Å². The molecule has 0 heterocycles. The Morgan fingerprint density at radius 3 is 2.36 bits per heavy atom. The molecule has 3 aromatic rings. The van der Waals surface area contributed by atoms with Crippen LogP contribution in [0.15, 0.2) is 83.8 Å². The Morgan fingerprint density at radius 2 is 1.70 bits per heavy atom. The predicted molar refractivity (Wildman–Crippen MR) is 122 cm³/mol. The van der Waals surface area contributed by atoms with Gasteiger partial charge in [-0.3, -0.25) is 0 Å². The maximum absolute atomic E-state index is 12.9. The largest absolute Gasteiger partial charge is 0.573 e. The SMILES string of the molecule is Cc1cc(SCC=C(c2ccccc2)c2ccccc2OC(F)(F)F)ccc1OCC(=O)O. The van der Waals surface area contributed by atoms with Crippen molar-refractivity contribution in [3.05, 3.63) is 95.6 Å². The van der Waals surface area contributed by atoms with E-state index in [0.717, 1.165) is 16.0 Å². The first-order valence-corrected chi connectivity index (χ1v) is 10.9. The number of ether oxygens (including phenoxy) is 2. The fourth-order valence-electron chi connectivity index (χ4n) is 3.14. The lowest BCUT2D eigenvalue weighted by molar-refractivity contribution is -0.274. The van der Waals surface area contributed by atoms with Crippen molar-refractivity contribution in [1.82, 2.24) is 0 Å². The van der Waals surface area contributed by atoms with Crippen LogP contribution in [0.3, 0.4) is 0 Å². The number of thioether (sulfide) groups is 1. The number of hydrogen-bond acceptors (Lipinski definition) is 4. The first kappa shape index (κ1) is 24.3. The van der Waals surface area contributed by atoms with Crippen LogP contribution in [0, 0.1) is 6.92 Å². The van der Waals surface area contributed by atoms with Crippen molar-refractivity contribution >= 4 is 23.3 Å². The second-order valence-electron chi connectivity index (χ2n) is 6.95. The van der Waals surface area contributed by atoms with E-state index in [1.54, 1.807) is 18.2 Å². The minimum Gasteiger partial charge on any atom is -0.482 e. The molecule has 0 aliphatic carbocycles. The van der Waals surface area contributed by atoms with E-state index in [-0.39, 0.29) is 5.75 Å². The summed E-state index contributed by atoms with van der Waals surface area (Å²) in [6, 6.07) is 20.6. The van der Waals surface area contributed by atoms with Crippen LogP contribution >= 0.6 is 11.8 Å². The van der Waals surface area contributed by atoms with E-state index in [9.17, 15) is 18.0 Å². The minimum atomic E-state index is -4.80. The lowest BCUT2D eigenvalue weighted by Gasteiger charge is -2.16. The van der Waals surface area contributed by atoms with E-state index < -0.39 is 18.9 Å². The van der Waals surface area contributed by atoms with Gasteiger partial charge in [0.15, 0.2) is 6.61 Å².